The van der Waals surface area contributed by atoms with E-state index in [1.54, 1.807) is 0 Å². The van der Waals surface area contributed by atoms with E-state index in [0.717, 1.165) is 0 Å². The first kappa shape index (κ1) is 8.51. The van der Waals surface area contributed by atoms with E-state index in [1.165, 1.54) is 24.9 Å². The normalized spacial score (nSPS) is 23.6. The SMILES string of the molecule is CN1CCCC1c1ccc(N)nc1. The van der Waals surface area contributed by atoms with Gasteiger partial charge in [-0.05, 0) is 38.1 Å². The zero-order valence-electron chi connectivity index (χ0n) is 7.90. The molecule has 1 fully saturated rings. The van der Waals surface area contributed by atoms with Crippen molar-refractivity contribution in [2.75, 3.05) is 19.3 Å². The Labute approximate surface area is 78.6 Å². The van der Waals surface area contributed by atoms with Gasteiger partial charge < -0.3 is 5.73 Å². The van der Waals surface area contributed by atoms with Crippen LogP contribution in [0.1, 0.15) is 24.4 Å². The summed E-state index contributed by atoms with van der Waals surface area (Å²) in [6.45, 7) is 1.19. The molecule has 0 saturated carbocycles. The fourth-order valence-electron chi connectivity index (χ4n) is 1.95. The summed E-state index contributed by atoms with van der Waals surface area (Å²) in [4.78, 5) is 6.48. The van der Waals surface area contributed by atoms with Gasteiger partial charge in [-0.1, -0.05) is 6.07 Å². The third-order valence-corrected chi connectivity index (χ3v) is 2.71. The van der Waals surface area contributed by atoms with Crippen LogP contribution in [-0.4, -0.2) is 23.5 Å². The smallest absolute Gasteiger partial charge is 0.123 e. The van der Waals surface area contributed by atoms with Crippen LogP contribution in [0, 0.1) is 0 Å². The molecule has 0 aromatic carbocycles. The van der Waals surface area contributed by atoms with Gasteiger partial charge in [0.25, 0.3) is 0 Å². The molecule has 0 spiro atoms. The summed E-state index contributed by atoms with van der Waals surface area (Å²) >= 11 is 0. The zero-order valence-corrected chi connectivity index (χ0v) is 7.90. The molecule has 1 aliphatic heterocycles. The number of anilines is 1. The highest BCUT2D eigenvalue weighted by Gasteiger charge is 2.22. The summed E-state index contributed by atoms with van der Waals surface area (Å²) in [5, 5.41) is 0. The Hall–Kier alpha value is -1.09. The molecule has 2 rings (SSSR count). The number of aromatic nitrogens is 1. The van der Waals surface area contributed by atoms with E-state index in [9.17, 15) is 0 Å². The van der Waals surface area contributed by atoms with Gasteiger partial charge >= 0.3 is 0 Å². The Bertz CT molecular complexity index is 281. The van der Waals surface area contributed by atoms with Crippen molar-refractivity contribution < 1.29 is 0 Å². The first-order valence-corrected chi connectivity index (χ1v) is 4.69. The first-order valence-electron chi connectivity index (χ1n) is 4.69. The van der Waals surface area contributed by atoms with E-state index < -0.39 is 0 Å². The molecule has 1 saturated heterocycles. The number of nitrogens with two attached hydrogens (primary N) is 1. The maximum atomic E-state index is 5.54. The van der Waals surface area contributed by atoms with E-state index in [2.05, 4.69) is 23.0 Å². The zero-order chi connectivity index (χ0) is 9.26. The van der Waals surface area contributed by atoms with E-state index >= 15 is 0 Å². The van der Waals surface area contributed by atoms with Gasteiger partial charge in [-0.25, -0.2) is 4.98 Å². The largest absolute Gasteiger partial charge is 0.384 e. The number of rotatable bonds is 1. The number of hydrogen-bond donors (Lipinski definition) is 1. The molecule has 0 aliphatic carbocycles. The Morgan fingerprint density at radius 2 is 2.38 bits per heavy atom. The lowest BCUT2D eigenvalue weighted by atomic mass is 10.1. The summed E-state index contributed by atoms with van der Waals surface area (Å²) < 4.78 is 0. The predicted molar refractivity (Wildman–Crippen MR) is 53.3 cm³/mol. The second-order valence-corrected chi connectivity index (χ2v) is 3.66. The highest BCUT2D eigenvalue weighted by molar-refractivity contribution is 5.30. The third-order valence-electron chi connectivity index (χ3n) is 2.71. The Kier molecular flexibility index (Phi) is 2.19. The number of pyridine rings is 1. The molecule has 1 aliphatic rings. The highest BCUT2D eigenvalue weighted by Crippen LogP contribution is 2.29. The second kappa shape index (κ2) is 3.34. The van der Waals surface area contributed by atoms with Crippen LogP contribution in [0.15, 0.2) is 18.3 Å². The molecular weight excluding hydrogens is 162 g/mol. The molecule has 0 amide bonds. The molecule has 1 unspecified atom stereocenters. The molecule has 0 bridgehead atoms. The molecule has 13 heavy (non-hydrogen) atoms. The molecule has 3 nitrogen and oxygen atoms in total. The van der Waals surface area contributed by atoms with Gasteiger partial charge in [0.2, 0.25) is 0 Å². The standard InChI is InChI=1S/C10H15N3/c1-13-6-2-3-9(13)8-4-5-10(11)12-7-8/h4-5,7,9H,2-3,6H2,1H3,(H2,11,12). The maximum Gasteiger partial charge on any atom is 0.123 e. The van der Waals surface area contributed by atoms with Gasteiger partial charge in [-0.3, -0.25) is 4.90 Å². The van der Waals surface area contributed by atoms with Gasteiger partial charge in [0.15, 0.2) is 0 Å². The number of nitrogens with zero attached hydrogens (tertiary/aromatic N) is 2. The fourth-order valence-corrected chi connectivity index (χ4v) is 1.95. The Balaban J connectivity index is 2.20. The summed E-state index contributed by atoms with van der Waals surface area (Å²) in [6.07, 6.45) is 4.41. The lowest BCUT2D eigenvalue weighted by molar-refractivity contribution is 0.317. The van der Waals surface area contributed by atoms with Gasteiger partial charge in [0, 0.05) is 12.2 Å². The molecule has 1 aromatic rings. The highest BCUT2D eigenvalue weighted by atomic mass is 15.1. The Morgan fingerprint density at radius 3 is 2.92 bits per heavy atom. The molecule has 0 radical (unpaired) electrons. The van der Waals surface area contributed by atoms with Gasteiger partial charge in [0.1, 0.15) is 5.82 Å². The number of likely N-dealkylation sites (tertiary alicyclic amines) is 1. The van der Waals surface area contributed by atoms with Crippen LogP contribution in [0.25, 0.3) is 0 Å². The predicted octanol–water partition coefficient (Wildman–Crippen LogP) is 1.43. The molecule has 3 heteroatoms. The minimum Gasteiger partial charge on any atom is -0.384 e. The lowest BCUT2D eigenvalue weighted by Gasteiger charge is -2.19. The molecule has 1 aromatic heterocycles. The van der Waals surface area contributed by atoms with E-state index in [4.69, 9.17) is 5.73 Å². The van der Waals surface area contributed by atoms with Crippen LogP contribution in [0.2, 0.25) is 0 Å². The Morgan fingerprint density at radius 1 is 1.54 bits per heavy atom. The molecule has 2 N–H and O–H groups in total. The average Bonchev–Trinajstić information content (AvgIpc) is 2.53. The van der Waals surface area contributed by atoms with Crippen molar-refractivity contribution in [2.45, 2.75) is 18.9 Å². The van der Waals surface area contributed by atoms with Gasteiger partial charge in [0.05, 0.1) is 0 Å². The number of hydrogen-bond acceptors (Lipinski definition) is 3. The summed E-state index contributed by atoms with van der Waals surface area (Å²) in [5.74, 6) is 0.601. The molecular formula is C10H15N3. The van der Waals surface area contributed by atoms with Gasteiger partial charge in [-0.15, -0.1) is 0 Å². The fraction of sp³-hybridized carbons (Fsp3) is 0.500. The first-order chi connectivity index (χ1) is 6.27. The third kappa shape index (κ3) is 1.65. The van der Waals surface area contributed by atoms with Crippen LogP contribution in [-0.2, 0) is 0 Å². The topological polar surface area (TPSA) is 42.1 Å². The lowest BCUT2D eigenvalue weighted by Crippen LogP contribution is -2.17. The molecule has 70 valence electrons. The minimum atomic E-state index is 0.549. The van der Waals surface area contributed by atoms with Crippen molar-refractivity contribution in [3.63, 3.8) is 0 Å². The van der Waals surface area contributed by atoms with Crippen molar-refractivity contribution in [2.24, 2.45) is 0 Å². The quantitative estimate of drug-likeness (QED) is 0.705. The van der Waals surface area contributed by atoms with Crippen LogP contribution < -0.4 is 5.73 Å². The van der Waals surface area contributed by atoms with Crippen molar-refractivity contribution in [1.82, 2.24) is 9.88 Å². The minimum absolute atomic E-state index is 0.549. The molecule has 1 atom stereocenters. The van der Waals surface area contributed by atoms with E-state index in [0.29, 0.717) is 11.9 Å². The second-order valence-electron chi connectivity index (χ2n) is 3.66. The van der Waals surface area contributed by atoms with E-state index in [-0.39, 0.29) is 0 Å². The van der Waals surface area contributed by atoms with Crippen molar-refractivity contribution in [3.8, 4) is 0 Å². The van der Waals surface area contributed by atoms with Crippen LogP contribution in [0.5, 0.6) is 0 Å². The van der Waals surface area contributed by atoms with Crippen LogP contribution >= 0.6 is 0 Å². The summed E-state index contributed by atoms with van der Waals surface area (Å²) in [6, 6.07) is 4.50. The van der Waals surface area contributed by atoms with Gasteiger partial charge in [-0.2, -0.15) is 0 Å². The van der Waals surface area contributed by atoms with Crippen molar-refractivity contribution >= 4 is 5.82 Å². The van der Waals surface area contributed by atoms with E-state index in [1.807, 2.05) is 12.3 Å². The van der Waals surface area contributed by atoms with Crippen LogP contribution in [0.4, 0.5) is 5.82 Å². The monoisotopic (exact) mass is 177 g/mol. The summed E-state index contributed by atoms with van der Waals surface area (Å²) in [7, 11) is 2.16. The van der Waals surface area contributed by atoms with Crippen molar-refractivity contribution in [1.29, 1.82) is 0 Å². The number of nitrogen functional groups attached to an aromatic ring is 1. The van der Waals surface area contributed by atoms with Crippen LogP contribution in [0.3, 0.4) is 0 Å². The van der Waals surface area contributed by atoms with Crippen molar-refractivity contribution in [3.05, 3.63) is 23.9 Å². The maximum absolute atomic E-state index is 5.54. The average molecular weight is 177 g/mol. The molecule has 2 heterocycles. The summed E-state index contributed by atoms with van der Waals surface area (Å²) in [5.41, 5.74) is 6.82.